The Kier molecular flexibility index (Phi) is 3.69. The molecule has 0 amide bonds. The smallest absolute Gasteiger partial charge is 0.254 e. The average Bonchev–Trinajstić information content (AvgIpc) is 2.91. The Balaban J connectivity index is 1.64. The summed E-state index contributed by atoms with van der Waals surface area (Å²) in [5, 5.41) is 0. The zero-order valence-corrected chi connectivity index (χ0v) is 14.0. The summed E-state index contributed by atoms with van der Waals surface area (Å²) in [4.78, 5) is 26.5. The average molecular weight is 323 g/mol. The summed E-state index contributed by atoms with van der Waals surface area (Å²) in [5.74, 6) is 1.75. The molecule has 0 saturated heterocycles. The van der Waals surface area contributed by atoms with Crippen LogP contribution in [0.1, 0.15) is 29.8 Å². The molecule has 1 aliphatic heterocycles. The molecule has 0 bridgehead atoms. The van der Waals surface area contributed by atoms with Crippen LogP contribution >= 0.6 is 0 Å². The van der Waals surface area contributed by atoms with Crippen LogP contribution in [0.4, 0.5) is 0 Å². The summed E-state index contributed by atoms with van der Waals surface area (Å²) in [5.41, 5.74) is 3.97. The van der Waals surface area contributed by atoms with Gasteiger partial charge in [0.1, 0.15) is 11.6 Å². The van der Waals surface area contributed by atoms with Crippen molar-refractivity contribution in [1.82, 2.24) is 24.4 Å². The molecule has 0 aliphatic carbocycles. The van der Waals surface area contributed by atoms with E-state index in [0.717, 1.165) is 48.7 Å². The van der Waals surface area contributed by atoms with E-state index in [4.69, 9.17) is 4.98 Å². The summed E-state index contributed by atoms with van der Waals surface area (Å²) in [6.45, 7) is 7.21. The van der Waals surface area contributed by atoms with E-state index in [2.05, 4.69) is 44.6 Å². The lowest BCUT2D eigenvalue weighted by Crippen LogP contribution is -2.35. The van der Waals surface area contributed by atoms with E-state index >= 15 is 0 Å². The molecule has 2 aromatic heterocycles. The molecule has 0 saturated carbocycles. The van der Waals surface area contributed by atoms with Gasteiger partial charge in [-0.3, -0.25) is 9.69 Å². The Hall–Kier alpha value is -2.47. The second-order valence-electron chi connectivity index (χ2n) is 6.30. The van der Waals surface area contributed by atoms with Crippen molar-refractivity contribution in [3.05, 3.63) is 57.5 Å². The third kappa shape index (κ3) is 2.53. The number of hydrogen-bond donors (Lipinski definition) is 1. The Morgan fingerprint density at radius 3 is 2.92 bits per heavy atom. The first-order valence-corrected chi connectivity index (χ1v) is 8.41. The second-order valence-corrected chi connectivity index (χ2v) is 6.30. The number of aromatic nitrogens is 4. The summed E-state index contributed by atoms with van der Waals surface area (Å²) in [6.07, 6.45) is 0.740. The summed E-state index contributed by atoms with van der Waals surface area (Å²) < 4.78 is 2.27. The summed E-state index contributed by atoms with van der Waals surface area (Å²) >= 11 is 0. The number of fused-ring (bicyclic) bond motifs is 2. The van der Waals surface area contributed by atoms with Crippen LogP contribution in [-0.2, 0) is 26.1 Å². The number of nitrogens with zero attached hydrogens (tertiary/aromatic N) is 4. The lowest BCUT2D eigenvalue weighted by molar-refractivity contribution is 0.231. The van der Waals surface area contributed by atoms with Crippen molar-refractivity contribution in [2.45, 2.75) is 39.9 Å². The molecular weight excluding hydrogens is 302 g/mol. The molecule has 124 valence electrons. The highest BCUT2D eigenvalue weighted by molar-refractivity contribution is 5.75. The van der Waals surface area contributed by atoms with E-state index in [9.17, 15) is 4.79 Å². The topological polar surface area (TPSA) is 66.8 Å². The van der Waals surface area contributed by atoms with Crippen LogP contribution in [0.25, 0.3) is 11.0 Å². The van der Waals surface area contributed by atoms with Gasteiger partial charge in [0.05, 0.1) is 23.3 Å². The minimum Gasteiger partial charge on any atom is -0.327 e. The van der Waals surface area contributed by atoms with Crippen molar-refractivity contribution in [3.63, 3.8) is 0 Å². The van der Waals surface area contributed by atoms with E-state index in [0.29, 0.717) is 12.4 Å². The lowest BCUT2D eigenvalue weighted by atomic mass is 10.1. The lowest BCUT2D eigenvalue weighted by Gasteiger charge is -2.27. The van der Waals surface area contributed by atoms with Crippen LogP contribution in [0.2, 0.25) is 0 Å². The van der Waals surface area contributed by atoms with Gasteiger partial charge in [-0.25, -0.2) is 9.97 Å². The van der Waals surface area contributed by atoms with E-state index in [1.165, 1.54) is 5.52 Å². The summed E-state index contributed by atoms with van der Waals surface area (Å²) in [6, 6.07) is 8.25. The summed E-state index contributed by atoms with van der Waals surface area (Å²) in [7, 11) is 0. The Labute approximate surface area is 140 Å². The van der Waals surface area contributed by atoms with Crippen molar-refractivity contribution < 1.29 is 0 Å². The van der Waals surface area contributed by atoms with Gasteiger partial charge < -0.3 is 9.55 Å². The fraction of sp³-hybridized carbons (Fsp3) is 0.389. The first-order valence-electron chi connectivity index (χ1n) is 8.41. The van der Waals surface area contributed by atoms with Crippen molar-refractivity contribution >= 4 is 11.0 Å². The molecule has 1 aliphatic rings. The highest BCUT2D eigenvalue weighted by atomic mass is 16.1. The highest BCUT2D eigenvalue weighted by Gasteiger charge is 2.22. The van der Waals surface area contributed by atoms with Gasteiger partial charge in [-0.15, -0.1) is 0 Å². The minimum atomic E-state index is 0.0120. The third-order valence-corrected chi connectivity index (χ3v) is 4.69. The molecule has 1 aromatic carbocycles. The van der Waals surface area contributed by atoms with Gasteiger partial charge >= 0.3 is 0 Å². The monoisotopic (exact) mass is 323 g/mol. The fourth-order valence-electron chi connectivity index (χ4n) is 3.55. The first kappa shape index (κ1) is 15.1. The van der Waals surface area contributed by atoms with Crippen molar-refractivity contribution in [2.24, 2.45) is 0 Å². The minimum absolute atomic E-state index is 0.0120. The molecule has 3 heterocycles. The molecule has 0 fully saturated rings. The predicted molar refractivity (Wildman–Crippen MR) is 92.8 cm³/mol. The largest absolute Gasteiger partial charge is 0.327 e. The highest BCUT2D eigenvalue weighted by Crippen LogP contribution is 2.20. The van der Waals surface area contributed by atoms with Gasteiger partial charge in [0.15, 0.2) is 0 Å². The number of aryl methyl sites for hydroxylation is 2. The number of rotatable bonds is 3. The number of nitrogens with one attached hydrogen (secondary N) is 1. The molecule has 3 aromatic rings. The standard InChI is InChI=1S/C18H21N5O/c1-3-23-16-7-5-4-6-14(16)21-17(23)11-22-9-8-13-15(10-22)19-12(2)20-18(13)24/h4-7H,3,8-11H2,1-2H3,(H,19,20,24). The quantitative estimate of drug-likeness (QED) is 0.800. The van der Waals surface area contributed by atoms with Crippen LogP contribution in [0.5, 0.6) is 0 Å². The number of aromatic amines is 1. The van der Waals surface area contributed by atoms with Gasteiger partial charge in [0.2, 0.25) is 0 Å². The molecule has 0 atom stereocenters. The molecule has 24 heavy (non-hydrogen) atoms. The molecule has 6 nitrogen and oxygen atoms in total. The first-order chi connectivity index (χ1) is 11.7. The van der Waals surface area contributed by atoms with Crippen LogP contribution in [-0.4, -0.2) is 31.0 Å². The zero-order valence-electron chi connectivity index (χ0n) is 14.0. The SMILES string of the molecule is CCn1c(CN2CCc3c(nc(C)[nH]c3=O)C2)nc2ccccc21. The maximum atomic E-state index is 12.0. The van der Waals surface area contributed by atoms with Gasteiger partial charge in [0.25, 0.3) is 5.56 Å². The zero-order chi connectivity index (χ0) is 16.7. The Morgan fingerprint density at radius 1 is 1.25 bits per heavy atom. The molecular formula is C18H21N5O. The number of hydrogen-bond acceptors (Lipinski definition) is 4. The third-order valence-electron chi connectivity index (χ3n) is 4.69. The Bertz CT molecular complexity index is 956. The number of benzene rings is 1. The molecule has 0 spiro atoms. The van der Waals surface area contributed by atoms with Gasteiger partial charge in [-0.05, 0) is 32.4 Å². The molecule has 0 radical (unpaired) electrons. The predicted octanol–water partition coefficient (Wildman–Crippen LogP) is 2.01. The van der Waals surface area contributed by atoms with Crippen LogP contribution in [0.3, 0.4) is 0 Å². The van der Waals surface area contributed by atoms with E-state index in [-0.39, 0.29) is 5.56 Å². The maximum absolute atomic E-state index is 12.0. The van der Waals surface area contributed by atoms with Crippen LogP contribution < -0.4 is 5.56 Å². The Morgan fingerprint density at radius 2 is 2.08 bits per heavy atom. The van der Waals surface area contributed by atoms with Crippen molar-refractivity contribution in [3.8, 4) is 0 Å². The van der Waals surface area contributed by atoms with Crippen molar-refractivity contribution in [2.75, 3.05) is 6.54 Å². The van der Waals surface area contributed by atoms with E-state index < -0.39 is 0 Å². The van der Waals surface area contributed by atoms with Gasteiger partial charge in [0, 0.05) is 25.2 Å². The molecule has 1 N–H and O–H groups in total. The second kappa shape index (κ2) is 5.87. The normalized spacial score (nSPS) is 14.9. The van der Waals surface area contributed by atoms with Crippen LogP contribution in [0, 0.1) is 6.92 Å². The van der Waals surface area contributed by atoms with Gasteiger partial charge in [-0.2, -0.15) is 0 Å². The fourth-order valence-corrected chi connectivity index (χ4v) is 3.55. The van der Waals surface area contributed by atoms with Crippen LogP contribution in [0.15, 0.2) is 29.1 Å². The van der Waals surface area contributed by atoms with Gasteiger partial charge in [-0.1, -0.05) is 12.1 Å². The molecule has 0 unspecified atom stereocenters. The molecule has 6 heteroatoms. The van der Waals surface area contributed by atoms with E-state index in [1.54, 1.807) is 0 Å². The number of H-pyrrole nitrogens is 1. The maximum Gasteiger partial charge on any atom is 0.254 e. The number of para-hydroxylation sites is 2. The van der Waals surface area contributed by atoms with Crippen molar-refractivity contribution in [1.29, 1.82) is 0 Å². The van der Waals surface area contributed by atoms with E-state index in [1.807, 2.05) is 13.0 Å². The molecule has 4 rings (SSSR count). The number of imidazole rings is 1.